The summed E-state index contributed by atoms with van der Waals surface area (Å²) in [6, 6.07) is 16.3. The summed E-state index contributed by atoms with van der Waals surface area (Å²) in [5.74, 6) is 0.968. The number of carbonyl (C=O) groups is 1. The van der Waals surface area contributed by atoms with Crippen molar-refractivity contribution in [3.63, 3.8) is 0 Å². The Morgan fingerprint density at radius 2 is 1.77 bits per heavy atom. The van der Waals surface area contributed by atoms with E-state index in [4.69, 9.17) is 4.42 Å². The van der Waals surface area contributed by atoms with Gasteiger partial charge in [-0.25, -0.2) is 0 Å². The van der Waals surface area contributed by atoms with Crippen LogP contribution in [0.5, 0.6) is 0 Å². The van der Waals surface area contributed by atoms with Crippen LogP contribution in [0.1, 0.15) is 41.8 Å². The van der Waals surface area contributed by atoms with Gasteiger partial charge in [-0.1, -0.05) is 42.0 Å². The van der Waals surface area contributed by atoms with E-state index in [-0.39, 0.29) is 5.91 Å². The zero-order valence-electron chi connectivity index (χ0n) is 17.5. The second-order valence-corrected chi connectivity index (χ2v) is 8.05. The van der Waals surface area contributed by atoms with Gasteiger partial charge in [0.2, 0.25) is 17.7 Å². The molecule has 156 valence electrons. The Kier molecular flexibility index (Phi) is 6.54. The molecule has 0 bridgehead atoms. The predicted octanol–water partition coefficient (Wildman–Crippen LogP) is 2.47. The Bertz CT molecular complexity index is 975. The molecule has 1 amide bonds. The number of nitrogens with zero attached hydrogens (tertiary/aromatic N) is 2. The molecule has 2 heterocycles. The molecule has 1 aromatic heterocycles. The second-order valence-electron chi connectivity index (χ2n) is 8.05. The molecule has 0 radical (unpaired) electrons. The van der Waals surface area contributed by atoms with Gasteiger partial charge >= 0.3 is 0 Å². The molecule has 4 rings (SSSR count). The summed E-state index contributed by atoms with van der Waals surface area (Å²) in [4.78, 5) is 14.0. The largest absolute Gasteiger partial charge is 0.421 e. The number of likely N-dealkylation sites (tertiary alicyclic amines) is 1. The fraction of sp³-hybridized carbons (Fsp3) is 0.375. The van der Waals surface area contributed by atoms with Crippen LogP contribution in [0.2, 0.25) is 0 Å². The van der Waals surface area contributed by atoms with Gasteiger partial charge in [0.15, 0.2) is 0 Å². The minimum Gasteiger partial charge on any atom is -0.421 e. The lowest BCUT2D eigenvalue weighted by Crippen LogP contribution is -3.08. The smallest absolute Gasteiger partial charge is 0.247 e. The quantitative estimate of drug-likeness (QED) is 0.604. The number of benzene rings is 2. The maximum atomic E-state index is 12.4. The highest BCUT2D eigenvalue weighted by atomic mass is 16.4. The molecule has 1 fully saturated rings. The van der Waals surface area contributed by atoms with Crippen molar-refractivity contribution < 1.29 is 14.1 Å². The van der Waals surface area contributed by atoms with E-state index in [1.165, 1.54) is 42.6 Å². The van der Waals surface area contributed by atoms with Crippen LogP contribution in [0.3, 0.4) is 0 Å². The lowest BCUT2D eigenvalue weighted by atomic mass is 10.1. The molecule has 0 atom stereocenters. The molecule has 0 unspecified atom stereocenters. The zero-order chi connectivity index (χ0) is 20.8. The monoisotopic (exact) mass is 405 g/mol. The normalized spacial score (nSPS) is 14.2. The fourth-order valence-corrected chi connectivity index (χ4v) is 3.89. The molecule has 2 N–H and O–H groups in total. The van der Waals surface area contributed by atoms with Crippen LogP contribution in [0.25, 0.3) is 11.5 Å². The third kappa shape index (κ3) is 5.33. The van der Waals surface area contributed by atoms with Gasteiger partial charge in [0, 0.05) is 43.4 Å². The first-order valence-corrected chi connectivity index (χ1v) is 10.7. The van der Waals surface area contributed by atoms with E-state index in [0.717, 1.165) is 12.1 Å². The molecule has 1 aliphatic rings. The van der Waals surface area contributed by atoms with Crippen LogP contribution in [0, 0.1) is 6.92 Å². The molecule has 30 heavy (non-hydrogen) atoms. The van der Waals surface area contributed by atoms with Gasteiger partial charge in [0.25, 0.3) is 0 Å². The second kappa shape index (κ2) is 9.67. The van der Waals surface area contributed by atoms with Crippen molar-refractivity contribution in [3.8, 4) is 11.5 Å². The number of hydrogen-bond donors (Lipinski definition) is 2. The van der Waals surface area contributed by atoms with Gasteiger partial charge in [-0.2, -0.15) is 0 Å². The Balaban J connectivity index is 1.27. The topological polar surface area (TPSA) is 72.5 Å². The summed E-state index contributed by atoms with van der Waals surface area (Å²) >= 11 is 0. The average molecular weight is 406 g/mol. The highest BCUT2D eigenvalue weighted by Gasteiger charge is 2.17. The minimum atomic E-state index is -0.00610. The molecule has 6 nitrogen and oxygen atoms in total. The number of aryl methyl sites for hydroxylation is 2. The Hall–Kier alpha value is -2.99. The van der Waals surface area contributed by atoms with Crippen LogP contribution < -0.4 is 10.2 Å². The van der Waals surface area contributed by atoms with Gasteiger partial charge in [-0.3, -0.25) is 4.79 Å². The minimum absolute atomic E-state index is 0.00610. The van der Waals surface area contributed by atoms with Crippen LogP contribution in [0.4, 0.5) is 0 Å². The number of aromatic nitrogens is 2. The van der Waals surface area contributed by atoms with E-state index in [1.54, 1.807) is 4.90 Å². The molecular weight excluding hydrogens is 376 g/mol. The number of amides is 1. The first-order valence-electron chi connectivity index (χ1n) is 10.7. The van der Waals surface area contributed by atoms with Gasteiger partial charge in [-0.05, 0) is 24.6 Å². The van der Waals surface area contributed by atoms with Crippen LogP contribution in [-0.4, -0.2) is 29.2 Å². The van der Waals surface area contributed by atoms with Crippen molar-refractivity contribution >= 4 is 5.91 Å². The van der Waals surface area contributed by atoms with Crippen LogP contribution in [-0.2, 0) is 24.3 Å². The van der Waals surface area contributed by atoms with Crippen molar-refractivity contribution in [1.82, 2.24) is 15.5 Å². The van der Waals surface area contributed by atoms with Crippen molar-refractivity contribution in [3.05, 3.63) is 71.1 Å². The van der Waals surface area contributed by atoms with E-state index in [0.29, 0.717) is 31.2 Å². The number of carbonyl (C=O) groups excluding carboxylic acids is 1. The molecular formula is C24H29N4O2+. The van der Waals surface area contributed by atoms with E-state index >= 15 is 0 Å². The Labute approximate surface area is 177 Å². The van der Waals surface area contributed by atoms with E-state index in [2.05, 4.69) is 33.7 Å². The summed E-state index contributed by atoms with van der Waals surface area (Å²) in [7, 11) is 0. The molecule has 3 aromatic rings. The molecule has 0 saturated carbocycles. The third-order valence-corrected chi connectivity index (χ3v) is 5.68. The average Bonchev–Trinajstić information content (AvgIpc) is 3.44. The molecule has 1 saturated heterocycles. The van der Waals surface area contributed by atoms with Crippen molar-refractivity contribution in [2.75, 3.05) is 13.1 Å². The molecule has 0 aliphatic carbocycles. The van der Waals surface area contributed by atoms with Crippen molar-refractivity contribution in [2.24, 2.45) is 0 Å². The molecule has 1 aliphatic heterocycles. The fourth-order valence-electron chi connectivity index (χ4n) is 3.89. The summed E-state index contributed by atoms with van der Waals surface area (Å²) in [6.07, 6.45) is 3.39. The molecule has 6 heteroatoms. The Morgan fingerprint density at radius 1 is 1.03 bits per heavy atom. The summed E-state index contributed by atoms with van der Waals surface area (Å²) in [5.41, 5.74) is 4.60. The third-order valence-electron chi connectivity index (χ3n) is 5.68. The lowest BCUT2D eigenvalue weighted by Gasteiger charge is -2.15. The van der Waals surface area contributed by atoms with Crippen molar-refractivity contribution in [1.29, 1.82) is 0 Å². The van der Waals surface area contributed by atoms with Crippen molar-refractivity contribution in [2.45, 2.75) is 45.7 Å². The molecule has 0 spiro atoms. The lowest BCUT2D eigenvalue weighted by molar-refractivity contribution is -0.901. The first kappa shape index (κ1) is 20.3. The SMILES string of the molecule is Cc1ccc(-c2nnc(CCC(=O)NCc3ccccc3C[NH+]3CCCC3)o2)cc1. The van der Waals surface area contributed by atoms with Gasteiger partial charge in [0.1, 0.15) is 6.54 Å². The van der Waals surface area contributed by atoms with Gasteiger partial charge in [0.05, 0.1) is 13.1 Å². The first-order chi connectivity index (χ1) is 14.7. The maximum absolute atomic E-state index is 12.4. The summed E-state index contributed by atoms with van der Waals surface area (Å²) in [6.45, 7) is 6.12. The number of nitrogens with one attached hydrogen (secondary N) is 2. The van der Waals surface area contributed by atoms with Crippen LogP contribution in [0.15, 0.2) is 52.9 Å². The Morgan fingerprint density at radius 3 is 2.53 bits per heavy atom. The van der Waals surface area contributed by atoms with E-state index < -0.39 is 0 Å². The number of quaternary nitrogens is 1. The van der Waals surface area contributed by atoms with E-state index in [1.807, 2.05) is 37.3 Å². The summed E-state index contributed by atoms with van der Waals surface area (Å²) in [5, 5.41) is 11.2. The molecule has 2 aromatic carbocycles. The zero-order valence-corrected chi connectivity index (χ0v) is 17.5. The highest BCUT2D eigenvalue weighted by Crippen LogP contribution is 2.18. The van der Waals surface area contributed by atoms with Crippen LogP contribution >= 0.6 is 0 Å². The maximum Gasteiger partial charge on any atom is 0.247 e. The predicted molar refractivity (Wildman–Crippen MR) is 115 cm³/mol. The standard InChI is InChI=1S/C24H28N4O2/c1-18-8-10-19(11-9-18)24-27-26-23(30-24)13-12-22(29)25-16-20-6-2-3-7-21(20)17-28-14-4-5-15-28/h2-3,6-11H,4-5,12-17H2,1H3,(H,25,29)/p+1. The van der Waals surface area contributed by atoms with Gasteiger partial charge in [-0.15, -0.1) is 10.2 Å². The summed E-state index contributed by atoms with van der Waals surface area (Å²) < 4.78 is 5.71. The number of hydrogen-bond acceptors (Lipinski definition) is 4. The number of rotatable bonds is 8. The van der Waals surface area contributed by atoms with Gasteiger partial charge < -0.3 is 14.6 Å². The highest BCUT2D eigenvalue weighted by molar-refractivity contribution is 5.76. The van der Waals surface area contributed by atoms with E-state index in [9.17, 15) is 4.79 Å².